The molecule has 0 bridgehead atoms. The standard InChI is InChI=1S/C8H12F3/c9-8(10,11)7-5-3-1-2-4-6-7/h5,7H,1-4,6H2. The van der Waals surface area contributed by atoms with E-state index in [1.165, 1.54) is 6.42 Å². The maximum absolute atomic E-state index is 12.1. The van der Waals surface area contributed by atoms with Crippen molar-refractivity contribution in [2.45, 2.75) is 38.3 Å². The van der Waals surface area contributed by atoms with Crippen LogP contribution in [0.5, 0.6) is 0 Å². The molecule has 0 aromatic heterocycles. The number of halogens is 3. The van der Waals surface area contributed by atoms with Crippen LogP contribution in [0.4, 0.5) is 13.2 Å². The molecule has 1 fully saturated rings. The van der Waals surface area contributed by atoms with Crippen LogP contribution in [0.2, 0.25) is 0 Å². The molecular formula is C8H12F3. The minimum absolute atomic E-state index is 0.295. The first-order valence-corrected chi connectivity index (χ1v) is 4.01. The van der Waals surface area contributed by atoms with Gasteiger partial charge in [0.1, 0.15) is 0 Å². The van der Waals surface area contributed by atoms with Crippen molar-refractivity contribution in [1.29, 1.82) is 0 Å². The average Bonchev–Trinajstić information content (AvgIpc) is 2.10. The van der Waals surface area contributed by atoms with E-state index in [4.69, 9.17) is 0 Å². The van der Waals surface area contributed by atoms with E-state index < -0.39 is 12.1 Å². The molecule has 0 N–H and O–H groups in total. The zero-order chi connectivity index (χ0) is 8.32. The zero-order valence-corrected chi connectivity index (χ0v) is 6.32. The van der Waals surface area contributed by atoms with Crippen LogP contribution >= 0.6 is 0 Å². The Morgan fingerprint density at radius 1 is 1.09 bits per heavy atom. The van der Waals surface area contributed by atoms with Crippen LogP contribution in [0.3, 0.4) is 0 Å². The molecule has 1 radical (unpaired) electrons. The van der Waals surface area contributed by atoms with E-state index >= 15 is 0 Å². The fourth-order valence-corrected chi connectivity index (χ4v) is 1.42. The highest BCUT2D eigenvalue weighted by Crippen LogP contribution is 2.35. The lowest BCUT2D eigenvalue weighted by atomic mass is 10.0. The molecule has 0 aliphatic heterocycles. The Morgan fingerprint density at radius 3 is 2.45 bits per heavy atom. The zero-order valence-electron chi connectivity index (χ0n) is 6.32. The van der Waals surface area contributed by atoms with Crippen molar-refractivity contribution in [2.75, 3.05) is 0 Å². The summed E-state index contributed by atoms with van der Waals surface area (Å²) in [5.41, 5.74) is 0. The number of rotatable bonds is 0. The summed E-state index contributed by atoms with van der Waals surface area (Å²) >= 11 is 0. The highest BCUT2D eigenvalue weighted by atomic mass is 19.4. The molecule has 0 heterocycles. The Hall–Kier alpha value is -0.210. The predicted molar refractivity (Wildman–Crippen MR) is 36.9 cm³/mol. The summed E-state index contributed by atoms with van der Waals surface area (Å²) < 4.78 is 36.3. The van der Waals surface area contributed by atoms with Crippen molar-refractivity contribution in [3.8, 4) is 0 Å². The number of alkyl halides is 3. The second kappa shape index (κ2) is 3.46. The van der Waals surface area contributed by atoms with E-state index in [1.807, 2.05) is 0 Å². The second-order valence-corrected chi connectivity index (χ2v) is 3.02. The van der Waals surface area contributed by atoms with Gasteiger partial charge in [-0.25, -0.2) is 0 Å². The maximum atomic E-state index is 12.1. The Bertz CT molecular complexity index is 109. The first-order valence-electron chi connectivity index (χ1n) is 4.01. The Kier molecular flexibility index (Phi) is 2.79. The van der Waals surface area contributed by atoms with E-state index in [-0.39, 0.29) is 0 Å². The van der Waals surface area contributed by atoms with Crippen LogP contribution in [0.15, 0.2) is 0 Å². The van der Waals surface area contributed by atoms with Crippen molar-refractivity contribution < 1.29 is 13.2 Å². The van der Waals surface area contributed by atoms with Crippen molar-refractivity contribution in [3.05, 3.63) is 6.42 Å². The van der Waals surface area contributed by atoms with Gasteiger partial charge in [-0.15, -0.1) is 0 Å². The molecule has 0 aromatic carbocycles. The fraction of sp³-hybridized carbons (Fsp3) is 0.875. The molecule has 0 aromatic rings. The SMILES string of the molecule is FC(F)(F)C1[CH]CCCCC1. The van der Waals surface area contributed by atoms with Crippen molar-refractivity contribution in [3.63, 3.8) is 0 Å². The van der Waals surface area contributed by atoms with Crippen LogP contribution in [0.25, 0.3) is 0 Å². The fourth-order valence-electron chi connectivity index (χ4n) is 1.42. The molecule has 0 spiro atoms. The molecule has 1 aliphatic carbocycles. The minimum Gasteiger partial charge on any atom is -0.171 e. The van der Waals surface area contributed by atoms with E-state index in [9.17, 15) is 13.2 Å². The predicted octanol–water partition coefficient (Wildman–Crippen LogP) is 3.33. The summed E-state index contributed by atoms with van der Waals surface area (Å²) in [6.07, 6.45) is 0.946. The molecule has 1 rings (SSSR count). The van der Waals surface area contributed by atoms with Gasteiger partial charge in [0.25, 0.3) is 0 Å². The molecule has 1 atom stereocenters. The maximum Gasteiger partial charge on any atom is 0.392 e. The first kappa shape index (κ1) is 8.88. The van der Waals surface area contributed by atoms with E-state index in [0.717, 1.165) is 19.3 Å². The summed E-state index contributed by atoms with van der Waals surface area (Å²) in [7, 11) is 0. The van der Waals surface area contributed by atoms with Gasteiger partial charge < -0.3 is 0 Å². The van der Waals surface area contributed by atoms with Gasteiger partial charge >= 0.3 is 6.18 Å². The van der Waals surface area contributed by atoms with Gasteiger partial charge in [-0.3, -0.25) is 0 Å². The van der Waals surface area contributed by atoms with E-state index in [0.29, 0.717) is 12.8 Å². The van der Waals surface area contributed by atoms with Crippen LogP contribution in [-0.2, 0) is 0 Å². The van der Waals surface area contributed by atoms with Crippen molar-refractivity contribution in [1.82, 2.24) is 0 Å². The van der Waals surface area contributed by atoms with Gasteiger partial charge in [-0.1, -0.05) is 19.3 Å². The van der Waals surface area contributed by atoms with Gasteiger partial charge in [0, 0.05) is 0 Å². The molecule has 1 saturated carbocycles. The average molecular weight is 165 g/mol. The van der Waals surface area contributed by atoms with Crippen LogP contribution in [-0.4, -0.2) is 6.18 Å². The molecule has 1 aliphatic rings. The second-order valence-electron chi connectivity index (χ2n) is 3.02. The van der Waals surface area contributed by atoms with Gasteiger partial charge in [0.05, 0.1) is 5.92 Å². The Labute approximate surface area is 64.8 Å². The quantitative estimate of drug-likeness (QED) is 0.483. The third-order valence-electron chi connectivity index (χ3n) is 2.09. The minimum atomic E-state index is -4.00. The molecule has 65 valence electrons. The van der Waals surface area contributed by atoms with Crippen LogP contribution in [0.1, 0.15) is 32.1 Å². The molecule has 3 heteroatoms. The lowest BCUT2D eigenvalue weighted by molar-refractivity contribution is -0.166. The highest BCUT2D eigenvalue weighted by molar-refractivity contribution is 4.84. The molecule has 11 heavy (non-hydrogen) atoms. The highest BCUT2D eigenvalue weighted by Gasteiger charge is 2.38. The Morgan fingerprint density at radius 2 is 1.82 bits per heavy atom. The van der Waals surface area contributed by atoms with Crippen LogP contribution in [0, 0.1) is 12.3 Å². The van der Waals surface area contributed by atoms with Crippen molar-refractivity contribution >= 4 is 0 Å². The molecule has 1 unspecified atom stereocenters. The number of hydrogen-bond acceptors (Lipinski definition) is 0. The van der Waals surface area contributed by atoms with Gasteiger partial charge in [0.15, 0.2) is 0 Å². The topological polar surface area (TPSA) is 0 Å². The van der Waals surface area contributed by atoms with Gasteiger partial charge in [0.2, 0.25) is 0 Å². The van der Waals surface area contributed by atoms with E-state index in [2.05, 4.69) is 0 Å². The summed E-state index contributed by atoms with van der Waals surface area (Å²) in [4.78, 5) is 0. The third-order valence-corrected chi connectivity index (χ3v) is 2.09. The number of hydrogen-bond donors (Lipinski definition) is 0. The van der Waals surface area contributed by atoms with E-state index in [1.54, 1.807) is 0 Å². The first-order chi connectivity index (χ1) is 5.11. The normalized spacial score (nSPS) is 23.2. The van der Waals surface area contributed by atoms with Gasteiger partial charge in [-0.05, 0) is 19.3 Å². The summed E-state index contributed by atoms with van der Waals surface area (Å²) in [6.45, 7) is 0. The summed E-state index contributed by atoms with van der Waals surface area (Å²) in [5, 5.41) is 0. The summed E-state index contributed by atoms with van der Waals surface area (Å²) in [5.74, 6) is -1.13. The largest absolute Gasteiger partial charge is 0.392 e. The smallest absolute Gasteiger partial charge is 0.171 e. The molecule has 0 amide bonds. The molecular weight excluding hydrogens is 153 g/mol. The molecule has 0 saturated heterocycles. The monoisotopic (exact) mass is 165 g/mol. The molecule has 0 nitrogen and oxygen atoms in total. The lowest BCUT2D eigenvalue weighted by Gasteiger charge is -2.16. The third kappa shape index (κ3) is 2.72. The van der Waals surface area contributed by atoms with Crippen molar-refractivity contribution in [2.24, 2.45) is 5.92 Å². The van der Waals surface area contributed by atoms with Gasteiger partial charge in [-0.2, -0.15) is 13.2 Å². The van der Waals surface area contributed by atoms with Crippen LogP contribution < -0.4 is 0 Å². The Balaban J connectivity index is 2.43. The summed E-state index contributed by atoms with van der Waals surface area (Å²) in [6, 6.07) is 0. The lowest BCUT2D eigenvalue weighted by Crippen LogP contribution is -2.22.